The van der Waals surface area contributed by atoms with Crippen LogP contribution in [0.4, 0.5) is 0 Å². The predicted octanol–water partition coefficient (Wildman–Crippen LogP) is 2.10. The van der Waals surface area contributed by atoms with Gasteiger partial charge in [-0.3, -0.25) is 9.59 Å². The lowest BCUT2D eigenvalue weighted by molar-refractivity contribution is -0.129. The van der Waals surface area contributed by atoms with Crippen molar-refractivity contribution in [1.29, 1.82) is 0 Å². The summed E-state index contributed by atoms with van der Waals surface area (Å²) in [4.78, 5) is 26.8. The van der Waals surface area contributed by atoms with Crippen LogP contribution >= 0.6 is 12.4 Å². The third-order valence-corrected chi connectivity index (χ3v) is 5.66. The first kappa shape index (κ1) is 21.5. The van der Waals surface area contributed by atoms with Crippen LogP contribution in [0.5, 0.6) is 5.75 Å². The average Bonchev–Trinajstić information content (AvgIpc) is 3.03. The zero-order chi connectivity index (χ0) is 18.5. The van der Waals surface area contributed by atoms with E-state index in [4.69, 9.17) is 10.5 Å². The second-order valence-corrected chi connectivity index (χ2v) is 7.42. The molecule has 1 aromatic carbocycles. The highest BCUT2D eigenvalue weighted by Crippen LogP contribution is 2.26. The molecule has 1 heterocycles. The molecular weight excluding hydrogens is 366 g/mol. The summed E-state index contributed by atoms with van der Waals surface area (Å²) in [7, 11) is 1.63. The SMILES string of the molecule is COc1ccc(CN2CC(C(=O)NC3CCCCC3CN)CC2=O)cc1.Cl. The molecule has 0 bridgehead atoms. The highest BCUT2D eigenvalue weighted by molar-refractivity contribution is 5.89. The number of hydrogen-bond acceptors (Lipinski definition) is 4. The average molecular weight is 396 g/mol. The number of carbonyl (C=O) groups excluding carboxylic acids is 2. The van der Waals surface area contributed by atoms with Gasteiger partial charge in [-0.2, -0.15) is 0 Å². The van der Waals surface area contributed by atoms with Crippen molar-refractivity contribution in [2.45, 2.75) is 44.7 Å². The summed E-state index contributed by atoms with van der Waals surface area (Å²) >= 11 is 0. The highest BCUT2D eigenvalue weighted by Gasteiger charge is 2.36. The number of nitrogens with one attached hydrogen (secondary N) is 1. The molecule has 6 nitrogen and oxygen atoms in total. The molecule has 2 amide bonds. The Bertz CT molecular complexity index is 638. The Morgan fingerprint density at radius 1 is 1.26 bits per heavy atom. The van der Waals surface area contributed by atoms with Crippen molar-refractivity contribution >= 4 is 24.2 Å². The van der Waals surface area contributed by atoms with Gasteiger partial charge in [0.05, 0.1) is 13.0 Å². The van der Waals surface area contributed by atoms with Crippen molar-refractivity contribution in [1.82, 2.24) is 10.2 Å². The van der Waals surface area contributed by atoms with Gasteiger partial charge in [-0.1, -0.05) is 25.0 Å². The largest absolute Gasteiger partial charge is 0.497 e. The van der Waals surface area contributed by atoms with Crippen LogP contribution in [0.15, 0.2) is 24.3 Å². The van der Waals surface area contributed by atoms with Crippen LogP contribution in [-0.2, 0) is 16.1 Å². The number of hydrogen-bond donors (Lipinski definition) is 2. The maximum atomic E-state index is 12.7. The number of methoxy groups -OCH3 is 1. The number of benzene rings is 1. The lowest BCUT2D eigenvalue weighted by Crippen LogP contribution is -2.47. The van der Waals surface area contributed by atoms with E-state index in [-0.39, 0.29) is 36.2 Å². The highest BCUT2D eigenvalue weighted by atomic mass is 35.5. The summed E-state index contributed by atoms with van der Waals surface area (Å²) in [5, 5.41) is 3.17. The summed E-state index contributed by atoms with van der Waals surface area (Å²) < 4.78 is 5.16. The molecule has 2 fully saturated rings. The van der Waals surface area contributed by atoms with Crippen molar-refractivity contribution in [2.24, 2.45) is 17.6 Å². The Kier molecular flexibility index (Phi) is 7.92. The smallest absolute Gasteiger partial charge is 0.225 e. The fourth-order valence-corrected chi connectivity index (χ4v) is 4.03. The van der Waals surface area contributed by atoms with Gasteiger partial charge in [-0.05, 0) is 43.0 Å². The second-order valence-electron chi connectivity index (χ2n) is 7.42. The standard InChI is InChI=1S/C20H29N3O3.ClH/c1-26-17-8-6-14(7-9-17)12-23-13-16(10-19(23)24)20(25)22-18-5-3-2-4-15(18)11-21;/h6-9,15-16,18H,2-5,10-13,21H2,1H3,(H,22,25);1H. The van der Waals surface area contributed by atoms with Crippen LogP contribution in [0.3, 0.4) is 0 Å². The first-order valence-electron chi connectivity index (χ1n) is 9.52. The minimum Gasteiger partial charge on any atom is -0.497 e. The Hall–Kier alpha value is -1.79. The molecule has 1 aromatic rings. The Morgan fingerprint density at radius 2 is 1.96 bits per heavy atom. The van der Waals surface area contributed by atoms with E-state index in [1.807, 2.05) is 24.3 Å². The van der Waals surface area contributed by atoms with E-state index in [1.54, 1.807) is 12.0 Å². The van der Waals surface area contributed by atoms with Gasteiger partial charge >= 0.3 is 0 Å². The van der Waals surface area contributed by atoms with Crippen LogP contribution in [0.25, 0.3) is 0 Å². The lowest BCUT2D eigenvalue weighted by Gasteiger charge is -2.32. The summed E-state index contributed by atoms with van der Waals surface area (Å²) in [5.41, 5.74) is 6.89. The first-order valence-corrected chi connectivity index (χ1v) is 9.52. The third kappa shape index (κ3) is 5.36. The van der Waals surface area contributed by atoms with Crippen molar-refractivity contribution < 1.29 is 14.3 Å². The number of halogens is 1. The van der Waals surface area contributed by atoms with Crippen molar-refractivity contribution in [3.8, 4) is 5.75 Å². The fraction of sp³-hybridized carbons (Fsp3) is 0.600. The number of ether oxygens (including phenoxy) is 1. The molecule has 3 N–H and O–H groups in total. The Labute approximate surface area is 167 Å². The van der Waals surface area contributed by atoms with Crippen LogP contribution in [0.2, 0.25) is 0 Å². The van der Waals surface area contributed by atoms with Crippen molar-refractivity contribution in [3.63, 3.8) is 0 Å². The molecule has 1 saturated carbocycles. The number of rotatable bonds is 6. The quantitative estimate of drug-likeness (QED) is 0.772. The maximum absolute atomic E-state index is 12.7. The molecule has 7 heteroatoms. The molecule has 1 saturated heterocycles. The number of carbonyl (C=O) groups is 2. The third-order valence-electron chi connectivity index (χ3n) is 5.66. The molecule has 0 spiro atoms. The van der Waals surface area contributed by atoms with Gasteiger partial charge in [0, 0.05) is 25.6 Å². The minimum absolute atomic E-state index is 0. The van der Waals surface area contributed by atoms with Crippen LogP contribution < -0.4 is 15.8 Å². The monoisotopic (exact) mass is 395 g/mol. The molecule has 3 rings (SSSR count). The number of amides is 2. The zero-order valence-electron chi connectivity index (χ0n) is 15.9. The second kappa shape index (κ2) is 9.95. The van der Waals surface area contributed by atoms with E-state index in [0.717, 1.165) is 30.6 Å². The van der Waals surface area contributed by atoms with Gasteiger partial charge in [0.15, 0.2) is 0 Å². The molecular formula is C20H30ClN3O3. The summed E-state index contributed by atoms with van der Waals surface area (Å²) in [6.45, 7) is 1.62. The zero-order valence-corrected chi connectivity index (χ0v) is 16.7. The van der Waals surface area contributed by atoms with Crippen LogP contribution in [0.1, 0.15) is 37.7 Å². The normalized spacial score (nSPS) is 25.0. The van der Waals surface area contributed by atoms with E-state index in [9.17, 15) is 9.59 Å². The van der Waals surface area contributed by atoms with Gasteiger partial charge in [0.25, 0.3) is 0 Å². The van der Waals surface area contributed by atoms with Gasteiger partial charge in [0.2, 0.25) is 11.8 Å². The van der Waals surface area contributed by atoms with E-state index in [0.29, 0.717) is 32.0 Å². The van der Waals surface area contributed by atoms with E-state index in [1.165, 1.54) is 6.42 Å². The predicted molar refractivity (Wildman–Crippen MR) is 107 cm³/mol. The van der Waals surface area contributed by atoms with E-state index >= 15 is 0 Å². The lowest BCUT2D eigenvalue weighted by atomic mass is 9.84. The van der Waals surface area contributed by atoms with Crippen LogP contribution in [0, 0.1) is 11.8 Å². The Balaban J connectivity index is 0.00000261. The van der Waals surface area contributed by atoms with Gasteiger partial charge in [0.1, 0.15) is 5.75 Å². The number of nitrogens with zero attached hydrogens (tertiary/aromatic N) is 1. The topological polar surface area (TPSA) is 84.7 Å². The molecule has 150 valence electrons. The fourth-order valence-electron chi connectivity index (χ4n) is 4.03. The molecule has 3 unspecified atom stereocenters. The number of nitrogens with two attached hydrogens (primary N) is 1. The van der Waals surface area contributed by atoms with Crippen molar-refractivity contribution in [3.05, 3.63) is 29.8 Å². The van der Waals surface area contributed by atoms with E-state index < -0.39 is 0 Å². The van der Waals surface area contributed by atoms with Crippen molar-refractivity contribution in [2.75, 3.05) is 20.2 Å². The molecule has 3 atom stereocenters. The number of likely N-dealkylation sites (tertiary alicyclic amines) is 1. The molecule has 0 radical (unpaired) electrons. The van der Waals surface area contributed by atoms with Crippen LogP contribution in [-0.4, -0.2) is 43.0 Å². The Morgan fingerprint density at radius 3 is 2.63 bits per heavy atom. The minimum atomic E-state index is -0.263. The summed E-state index contributed by atoms with van der Waals surface area (Å²) in [6, 6.07) is 7.83. The van der Waals surface area contributed by atoms with Gasteiger partial charge in [-0.15, -0.1) is 12.4 Å². The molecule has 0 aromatic heterocycles. The summed E-state index contributed by atoms with van der Waals surface area (Å²) in [5.74, 6) is 0.933. The molecule has 1 aliphatic carbocycles. The molecule has 1 aliphatic heterocycles. The summed E-state index contributed by atoms with van der Waals surface area (Å²) in [6.07, 6.45) is 4.68. The van der Waals surface area contributed by atoms with Gasteiger partial charge < -0.3 is 20.7 Å². The maximum Gasteiger partial charge on any atom is 0.225 e. The first-order chi connectivity index (χ1) is 12.6. The molecule has 27 heavy (non-hydrogen) atoms. The molecule has 2 aliphatic rings. The van der Waals surface area contributed by atoms with Gasteiger partial charge in [-0.25, -0.2) is 0 Å². The van der Waals surface area contributed by atoms with E-state index in [2.05, 4.69) is 5.32 Å².